The van der Waals surface area contributed by atoms with Gasteiger partial charge in [-0.2, -0.15) is 0 Å². The maximum atomic E-state index is 16.3. The van der Waals surface area contributed by atoms with Crippen molar-refractivity contribution < 1.29 is 26.0 Å². The van der Waals surface area contributed by atoms with Crippen molar-refractivity contribution >= 4 is 0 Å². The summed E-state index contributed by atoms with van der Waals surface area (Å²) in [5.74, 6) is 0. The average molecular weight is 549 g/mol. The van der Waals surface area contributed by atoms with Gasteiger partial charge in [-0.05, 0) is 0 Å². The van der Waals surface area contributed by atoms with Gasteiger partial charge in [0.2, 0.25) is 0 Å². The maximum absolute atomic E-state index is 16.3. The third kappa shape index (κ3) is 12.1. The first-order valence-electron chi connectivity index (χ1n) is 16.6. The van der Waals surface area contributed by atoms with Crippen molar-refractivity contribution in [2.24, 2.45) is 0 Å². The van der Waals surface area contributed by atoms with E-state index in [0.29, 0.717) is 0 Å². The molecule has 218 valence electrons. The van der Waals surface area contributed by atoms with E-state index in [4.69, 9.17) is 6.64 Å². The van der Waals surface area contributed by atoms with Crippen LogP contribution in [0.5, 0.6) is 0 Å². The summed E-state index contributed by atoms with van der Waals surface area (Å²) in [6.07, 6.45) is 22.0. The molecule has 0 saturated heterocycles. The van der Waals surface area contributed by atoms with E-state index >= 15 is 3.32 Å². The molecule has 0 radical (unpaired) electrons. The van der Waals surface area contributed by atoms with Crippen molar-refractivity contribution in [3.63, 3.8) is 0 Å². The third-order valence-corrected chi connectivity index (χ3v) is 18.0. The summed E-state index contributed by atoms with van der Waals surface area (Å²) in [4.78, 5) is 0. The number of rotatable bonds is 26. The predicted molar refractivity (Wildman–Crippen MR) is 156 cm³/mol. The normalized spacial score (nSPS) is 16.1. The molecule has 0 heterocycles. The second-order valence-corrected chi connectivity index (χ2v) is 18.4. The van der Waals surface area contributed by atoms with E-state index < -0.39 is 16.1 Å². The van der Waals surface area contributed by atoms with Gasteiger partial charge >= 0.3 is 230 Å². The van der Waals surface area contributed by atoms with E-state index in [0.717, 1.165) is 77.0 Å². The Hall–Kier alpha value is 0.434. The van der Waals surface area contributed by atoms with Gasteiger partial charge in [0.15, 0.2) is 0 Å². The van der Waals surface area contributed by atoms with Crippen LogP contribution in [0.3, 0.4) is 0 Å². The standard InChI is InChI=1S/2C8H17O.2C8H17.O.Ti/c2*1-3-5-6-7-8(9)4-2;2*1-3-5-7-8-6-4-2;;/h2*8H,3-7H2,1-2H3;2*5H,3-4,6-8H2,1-2H3;;/q2*-1;;;;+2. The van der Waals surface area contributed by atoms with Gasteiger partial charge in [0.25, 0.3) is 0 Å². The van der Waals surface area contributed by atoms with Crippen molar-refractivity contribution in [1.29, 1.82) is 0 Å². The zero-order valence-electron chi connectivity index (χ0n) is 26.2. The van der Waals surface area contributed by atoms with Gasteiger partial charge in [0.05, 0.1) is 0 Å². The fraction of sp³-hybridized carbons (Fsp3) is 1.00. The van der Waals surface area contributed by atoms with Crippen LogP contribution in [0.2, 0.25) is 8.45 Å². The Morgan fingerprint density at radius 2 is 0.750 bits per heavy atom. The van der Waals surface area contributed by atoms with Crippen LogP contribution >= 0.6 is 0 Å². The molecule has 0 aliphatic heterocycles. The first-order chi connectivity index (χ1) is 17.3. The summed E-state index contributed by atoms with van der Waals surface area (Å²) in [7, 11) is 0. The second-order valence-electron chi connectivity index (χ2n) is 11.6. The Morgan fingerprint density at radius 3 is 1.00 bits per heavy atom. The number of hydrogen-bond donors (Lipinski definition) is 0. The van der Waals surface area contributed by atoms with E-state index in [-0.39, 0.29) is 20.7 Å². The average Bonchev–Trinajstić information content (AvgIpc) is 2.88. The SMILES string of the molecule is CCCCCC(CC)[O][Ti](=[O])([O]C(CC)CCCCC)([CH](CC)CCCCC)[CH](CC)CCCCC. The minimum absolute atomic E-state index is 0.0552. The third-order valence-electron chi connectivity index (χ3n) is 8.74. The van der Waals surface area contributed by atoms with Crippen LogP contribution in [0.15, 0.2) is 0 Å². The molecule has 0 spiro atoms. The molecule has 36 heavy (non-hydrogen) atoms. The Balaban J connectivity index is 6.62. The summed E-state index contributed by atoms with van der Waals surface area (Å²) >= 11 is -5.16. The number of hydrogen-bond acceptors (Lipinski definition) is 3. The molecule has 0 bridgehead atoms. The topological polar surface area (TPSA) is 35.5 Å². The van der Waals surface area contributed by atoms with Crippen molar-refractivity contribution in [3.8, 4) is 0 Å². The van der Waals surface area contributed by atoms with Gasteiger partial charge in [0.1, 0.15) is 0 Å². The molecular formula is C32H68O3Ti. The van der Waals surface area contributed by atoms with Crippen LogP contribution in [0, 0.1) is 0 Å². The Kier molecular flexibility index (Phi) is 21.5. The second kappa shape index (κ2) is 21.3. The van der Waals surface area contributed by atoms with Gasteiger partial charge < -0.3 is 0 Å². The molecular weight excluding hydrogens is 480 g/mol. The molecule has 0 aromatic rings. The zero-order chi connectivity index (χ0) is 27.3. The molecule has 4 atom stereocenters. The molecule has 0 aromatic carbocycles. The van der Waals surface area contributed by atoms with Gasteiger partial charge in [-0.1, -0.05) is 0 Å². The first-order valence-corrected chi connectivity index (χ1v) is 20.3. The fourth-order valence-electron chi connectivity index (χ4n) is 6.29. The summed E-state index contributed by atoms with van der Waals surface area (Å²) in [6.45, 7) is 18.0. The Labute approximate surface area is 229 Å². The van der Waals surface area contributed by atoms with Crippen LogP contribution in [-0.4, -0.2) is 12.2 Å². The molecule has 0 N–H and O–H groups in total. The van der Waals surface area contributed by atoms with Gasteiger partial charge in [-0.25, -0.2) is 0 Å². The van der Waals surface area contributed by atoms with Crippen LogP contribution in [0.1, 0.15) is 184 Å². The van der Waals surface area contributed by atoms with Crippen molar-refractivity contribution in [3.05, 3.63) is 0 Å². The van der Waals surface area contributed by atoms with Gasteiger partial charge in [-0.15, -0.1) is 0 Å². The summed E-state index contributed by atoms with van der Waals surface area (Å²) in [6, 6.07) is 0. The molecule has 4 unspecified atom stereocenters. The summed E-state index contributed by atoms with van der Waals surface area (Å²) in [5.41, 5.74) is 0. The monoisotopic (exact) mass is 548 g/mol. The zero-order valence-corrected chi connectivity index (χ0v) is 27.7. The van der Waals surface area contributed by atoms with E-state index in [1.165, 1.54) is 51.4 Å². The van der Waals surface area contributed by atoms with E-state index in [1.54, 1.807) is 0 Å². The molecule has 3 nitrogen and oxygen atoms in total. The Morgan fingerprint density at radius 1 is 0.444 bits per heavy atom. The molecule has 4 heteroatoms. The van der Waals surface area contributed by atoms with Crippen LogP contribution in [0.4, 0.5) is 0 Å². The van der Waals surface area contributed by atoms with Gasteiger partial charge in [0, 0.05) is 0 Å². The fourth-order valence-corrected chi connectivity index (χ4v) is 16.1. The number of unbranched alkanes of at least 4 members (excludes halogenated alkanes) is 8. The molecule has 0 aliphatic carbocycles. The van der Waals surface area contributed by atoms with Crippen molar-refractivity contribution in [2.45, 2.75) is 204 Å². The first kappa shape index (κ1) is 36.4. The van der Waals surface area contributed by atoms with Crippen LogP contribution < -0.4 is 0 Å². The van der Waals surface area contributed by atoms with Crippen LogP contribution in [0.25, 0.3) is 0 Å². The molecule has 0 rings (SSSR count). The van der Waals surface area contributed by atoms with Crippen LogP contribution in [-0.2, 0) is 26.0 Å². The summed E-state index contributed by atoms with van der Waals surface area (Å²) < 4.78 is 30.9. The van der Waals surface area contributed by atoms with E-state index in [1.807, 2.05) is 0 Å². The quantitative estimate of drug-likeness (QED) is 0.0796. The van der Waals surface area contributed by atoms with Crippen molar-refractivity contribution in [2.75, 3.05) is 0 Å². The molecule has 0 saturated carbocycles. The van der Waals surface area contributed by atoms with E-state index in [2.05, 4.69) is 55.4 Å². The molecule has 0 aromatic heterocycles. The van der Waals surface area contributed by atoms with E-state index in [9.17, 15) is 0 Å². The minimum atomic E-state index is -5.16. The summed E-state index contributed by atoms with van der Waals surface area (Å²) in [5, 5.41) is 0. The predicted octanol–water partition coefficient (Wildman–Crippen LogP) is 12.2. The molecule has 0 aliphatic rings. The van der Waals surface area contributed by atoms with Gasteiger partial charge in [-0.3, -0.25) is 0 Å². The molecule has 0 amide bonds. The Bertz CT molecular complexity index is 514. The van der Waals surface area contributed by atoms with Crippen molar-refractivity contribution in [1.82, 2.24) is 0 Å². The molecule has 0 fully saturated rings.